The number of carbonyl (C=O) groups is 3. The van der Waals surface area contributed by atoms with Crippen molar-refractivity contribution in [2.24, 2.45) is 11.8 Å². The summed E-state index contributed by atoms with van der Waals surface area (Å²) in [7, 11) is 0. The van der Waals surface area contributed by atoms with Gasteiger partial charge in [-0.25, -0.2) is 0 Å². The first-order chi connectivity index (χ1) is 7.68. The van der Waals surface area contributed by atoms with E-state index in [4.69, 9.17) is 0 Å². The third-order valence-electron chi connectivity index (χ3n) is 4.33. The molecule has 0 bridgehead atoms. The zero-order valence-corrected chi connectivity index (χ0v) is 9.07. The Hall–Kier alpha value is -1.03. The van der Waals surface area contributed by atoms with Crippen LogP contribution < -0.4 is 5.32 Å². The van der Waals surface area contributed by atoms with Crippen LogP contribution in [0.15, 0.2) is 0 Å². The van der Waals surface area contributed by atoms with Gasteiger partial charge in [0.05, 0.1) is 6.04 Å². The highest BCUT2D eigenvalue weighted by atomic mass is 16.2. The van der Waals surface area contributed by atoms with E-state index in [0.717, 1.165) is 19.3 Å². The van der Waals surface area contributed by atoms with Crippen LogP contribution >= 0.6 is 0 Å². The molecule has 3 aliphatic rings. The maximum absolute atomic E-state index is 11.6. The molecule has 1 aliphatic heterocycles. The third-order valence-corrected chi connectivity index (χ3v) is 4.33. The Balaban J connectivity index is 1.86. The molecule has 0 radical (unpaired) electrons. The predicted molar refractivity (Wildman–Crippen MR) is 55.8 cm³/mol. The van der Waals surface area contributed by atoms with Crippen molar-refractivity contribution in [3.8, 4) is 0 Å². The van der Waals surface area contributed by atoms with Crippen molar-refractivity contribution in [1.82, 2.24) is 5.32 Å². The van der Waals surface area contributed by atoms with Crippen LogP contribution in [0.3, 0.4) is 0 Å². The summed E-state index contributed by atoms with van der Waals surface area (Å²) in [6.07, 6.45) is 5.32. The second kappa shape index (κ2) is 3.48. The minimum Gasteiger partial charge on any atom is -0.303 e. The van der Waals surface area contributed by atoms with Crippen molar-refractivity contribution in [3.63, 3.8) is 0 Å². The molecule has 3 rings (SSSR count). The van der Waals surface area contributed by atoms with Gasteiger partial charge in [0, 0.05) is 12.0 Å². The van der Waals surface area contributed by atoms with Crippen LogP contribution in [0.5, 0.6) is 0 Å². The number of hydrogen-bond donors (Lipinski definition) is 1. The zero-order chi connectivity index (χ0) is 11.3. The molecule has 1 saturated heterocycles. The molecule has 2 aliphatic carbocycles. The van der Waals surface area contributed by atoms with Crippen molar-refractivity contribution in [3.05, 3.63) is 0 Å². The number of fused-ring (bicyclic) bond motifs is 2. The molecule has 0 aromatic carbocycles. The molecule has 0 amide bonds. The molecule has 16 heavy (non-hydrogen) atoms. The minimum absolute atomic E-state index is 0.345. The van der Waals surface area contributed by atoms with Crippen LogP contribution in [0.1, 0.15) is 32.1 Å². The van der Waals surface area contributed by atoms with Gasteiger partial charge in [-0.05, 0) is 25.2 Å². The zero-order valence-electron chi connectivity index (χ0n) is 9.07. The van der Waals surface area contributed by atoms with Crippen LogP contribution in [-0.4, -0.2) is 29.4 Å². The molecular weight excluding hydrogens is 206 g/mol. The average Bonchev–Trinajstić information content (AvgIpc) is 2.52. The summed E-state index contributed by atoms with van der Waals surface area (Å²) in [5.41, 5.74) is 0. The summed E-state index contributed by atoms with van der Waals surface area (Å²) in [6.45, 7) is 0. The van der Waals surface area contributed by atoms with E-state index in [1.54, 1.807) is 0 Å². The van der Waals surface area contributed by atoms with Crippen molar-refractivity contribution >= 4 is 17.3 Å². The van der Waals surface area contributed by atoms with Crippen LogP contribution in [0.25, 0.3) is 0 Å². The highest BCUT2D eigenvalue weighted by Crippen LogP contribution is 2.37. The van der Waals surface area contributed by atoms with Gasteiger partial charge < -0.3 is 5.32 Å². The van der Waals surface area contributed by atoms with E-state index >= 15 is 0 Å². The fraction of sp³-hybridized carbons (Fsp3) is 0.750. The molecule has 4 heteroatoms. The summed E-state index contributed by atoms with van der Waals surface area (Å²) in [4.78, 5) is 34.5. The number of rotatable bonds is 0. The van der Waals surface area contributed by atoms with Crippen molar-refractivity contribution in [2.45, 2.75) is 44.2 Å². The first-order valence-electron chi connectivity index (χ1n) is 6.07. The molecular formula is C12H15NO3. The van der Waals surface area contributed by atoms with Crippen LogP contribution in [0.4, 0.5) is 0 Å². The fourth-order valence-corrected chi connectivity index (χ4v) is 3.47. The second-order valence-electron chi connectivity index (χ2n) is 5.20. The lowest BCUT2D eigenvalue weighted by molar-refractivity contribution is -0.141. The van der Waals surface area contributed by atoms with Crippen LogP contribution in [0.2, 0.25) is 0 Å². The lowest BCUT2D eigenvalue weighted by Crippen LogP contribution is -2.54. The molecule has 2 saturated carbocycles. The highest BCUT2D eigenvalue weighted by Gasteiger charge is 2.53. The number of nitrogens with one attached hydrogen (secondary N) is 1. The van der Waals surface area contributed by atoms with Crippen molar-refractivity contribution in [2.75, 3.05) is 0 Å². The van der Waals surface area contributed by atoms with Gasteiger partial charge in [0.25, 0.3) is 5.78 Å². The topological polar surface area (TPSA) is 63.2 Å². The van der Waals surface area contributed by atoms with Gasteiger partial charge in [-0.3, -0.25) is 14.4 Å². The van der Waals surface area contributed by atoms with Gasteiger partial charge >= 0.3 is 0 Å². The standard InChI is InChI=1S/C12H15NO3/c14-10-7-5-6-3-1-2-4-8(6)13-9(7)11(15)12(10)16/h6-9,13H,1-5H2. The molecule has 0 aromatic heterocycles. The monoisotopic (exact) mass is 221 g/mol. The van der Waals surface area contributed by atoms with Crippen LogP contribution in [0, 0.1) is 11.8 Å². The molecule has 0 spiro atoms. The number of piperidine rings is 1. The number of hydrogen-bond acceptors (Lipinski definition) is 4. The van der Waals surface area contributed by atoms with Gasteiger partial charge in [0.2, 0.25) is 11.6 Å². The molecule has 4 unspecified atom stereocenters. The van der Waals surface area contributed by atoms with E-state index in [-0.39, 0.29) is 5.92 Å². The largest absolute Gasteiger partial charge is 0.303 e. The minimum atomic E-state index is -0.777. The normalized spacial score (nSPS) is 43.1. The van der Waals surface area contributed by atoms with E-state index in [9.17, 15) is 14.4 Å². The molecule has 1 heterocycles. The van der Waals surface area contributed by atoms with E-state index < -0.39 is 23.4 Å². The number of Topliss-reactive ketones (excluding diaryl/α,β-unsaturated/α-hetero) is 3. The lowest BCUT2D eigenvalue weighted by atomic mass is 9.74. The second-order valence-corrected chi connectivity index (χ2v) is 5.20. The van der Waals surface area contributed by atoms with Gasteiger partial charge in [0.15, 0.2) is 0 Å². The summed E-state index contributed by atoms with van der Waals surface area (Å²) >= 11 is 0. The first-order valence-corrected chi connectivity index (χ1v) is 6.07. The smallest absolute Gasteiger partial charge is 0.266 e. The van der Waals surface area contributed by atoms with Gasteiger partial charge in [-0.1, -0.05) is 12.8 Å². The molecule has 3 fully saturated rings. The molecule has 1 N–H and O–H groups in total. The quantitative estimate of drug-likeness (QED) is 0.595. The molecule has 4 nitrogen and oxygen atoms in total. The Bertz CT molecular complexity index is 342. The fourth-order valence-electron chi connectivity index (χ4n) is 3.47. The van der Waals surface area contributed by atoms with Crippen molar-refractivity contribution in [1.29, 1.82) is 0 Å². The lowest BCUT2D eigenvalue weighted by Gasteiger charge is -2.40. The molecule has 0 aromatic rings. The van der Waals surface area contributed by atoms with Gasteiger partial charge in [-0.2, -0.15) is 0 Å². The Kier molecular flexibility index (Phi) is 2.21. The first kappa shape index (κ1) is 10.1. The third kappa shape index (κ3) is 1.29. The maximum atomic E-state index is 11.6. The Labute approximate surface area is 93.8 Å². The van der Waals surface area contributed by atoms with E-state index in [1.165, 1.54) is 12.8 Å². The SMILES string of the molecule is O=C1C(=O)C2CC3CCCCC3NC2C1=O. The summed E-state index contributed by atoms with van der Waals surface area (Å²) < 4.78 is 0. The van der Waals surface area contributed by atoms with E-state index in [1.807, 2.05) is 0 Å². The Morgan fingerprint density at radius 2 is 1.75 bits per heavy atom. The highest BCUT2D eigenvalue weighted by molar-refractivity contribution is 6.69. The van der Waals surface area contributed by atoms with Crippen molar-refractivity contribution < 1.29 is 14.4 Å². The van der Waals surface area contributed by atoms with Gasteiger partial charge in [0.1, 0.15) is 0 Å². The maximum Gasteiger partial charge on any atom is 0.266 e. The number of ketones is 3. The van der Waals surface area contributed by atoms with Crippen LogP contribution in [-0.2, 0) is 14.4 Å². The number of carbonyl (C=O) groups excluding carboxylic acids is 3. The molecule has 4 atom stereocenters. The Morgan fingerprint density at radius 3 is 2.56 bits per heavy atom. The van der Waals surface area contributed by atoms with E-state index in [2.05, 4.69) is 5.32 Å². The summed E-state index contributed by atoms with van der Waals surface area (Å²) in [5.74, 6) is -1.61. The Morgan fingerprint density at radius 1 is 1.00 bits per heavy atom. The predicted octanol–water partition coefficient (Wildman–Crippen LogP) is 0.244. The average molecular weight is 221 g/mol. The summed E-state index contributed by atoms with van der Waals surface area (Å²) in [5, 5.41) is 3.24. The molecule has 86 valence electrons. The van der Waals surface area contributed by atoms with E-state index in [0.29, 0.717) is 12.0 Å². The summed E-state index contributed by atoms with van der Waals surface area (Å²) in [6, 6.07) is -0.156. The van der Waals surface area contributed by atoms with Gasteiger partial charge in [-0.15, -0.1) is 0 Å².